The number of amides is 1. The Balaban J connectivity index is 1.48. The van der Waals surface area contributed by atoms with Crippen LogP contribution in [-0.4, -0.2) is 53.4 Å². The molecule has 28 heavy (non-hydrogen) atoms. The van der Waals surface area contributed by atoms with Gasteiger partial charge in [0, 0.05) is 37.4 Å². The smallest absolute Gasteiger partial charge is 0.253 e. The van der Waals surface area contributed by atoms with Gasteiger partial charge >= 0.3 is 0 Å². The predicted octanol–water partition coefficient (Wildman–Crippen LogP) is 2.93. The first-order valence-electron chi connectivity index (χ1n) is 9.60. The van der Waals surface area contributed by atoms with Crippen LogP contribution in [0.2, 0.25) is 0 Å². The lowest BCUT2D eigenvalue weighted by atomic mass is 9.77. The predicted molar refractivity (Wildman–Crippen MR) is 104 cm³/mol. The number of benzene rings is 2. The monoisotopic (exact) mass is 383 g/mol. The van der Waals surface area contributed by atoms with E-state index in [2.05, 4.69) is 0 Å². The van der Waals surface area contributed by atoms with Gasteiger partial charge in [-0.2, -0.15) is 0 Å². The number of aliphatic hydroxyl groups excluding tert-OH is 1. The molecule has 0 aliphatic carbocycles. The third-order valence-corrected chi connectivity index (χ3v) is 5.91. The summed E-state index contributed by atoms with van der Waals surface area (Å²) in [6.45, 7) is 1.27. The first kappa shape index (κ1) is 18.6. The highest BCUT2D eigenvalue weighted by Gasteiger charge is 2.43. The fourth-order valence-electron chi connectivity index (χ4n) is 4.32. The van der Waals surface area contributed by atoms with E-state index in [1.807, 2.05) is 29.2 Å². The minimum absolute atomic E-state index is 0.0148. The summed E-state index contributed by atoms with van der Waals surface area (Å²) in [4.78, 5) is 14.7. The Morgan fingerprint density at radius 2 is 2.00 bits per heavy atom. The maximum Gasteiger partial charge on any atom is 0.253 e. The Bertz CT molecular complexity index is 873. The van der Waals surface area contributed by atoms with Crippen molar-refractivity contribution in [1.82, 2.24) is 4.90 Å². The molecule has 4 rings (SSSR count). The third-order valence-electron chi connectivity index (χ3n) is 5.91. The number of phenolic OH excluding ortho intramolecular Hbond substituents is 1. The molecule has 1 fully saturated rings. The summed E-state index contributed by atoms with van der Waals surface area (Å²) in [7, 11) is 1.46. The van der Waals surface area contributed by atoms with Crippen molar-refractivity contribution < 1.29 is 24.5 Å². The molecule has 2 aliphatic rings. The molecule has 148 valence electrons. The molecule has 0 bridgehead atoms. The molecule has 1 spiro atoms. The number of likely N-dealkylation sites (tertiary alicyclic amines) is 1. The first-order valence-corrected chi connectivity index (χ1v) is 9.60. The zero-order valence-electron chi connectivity index (χ0n) is 15.9. The van der Waals surface area contributed by atoms with E-state index in [9.17, 15) is 15.0 Å². The van der Waals surface area contributed by atoms with Crippen LogP contribution < -0.4 is 9.47 Å². The van der Waals surface area contributed by atoms with Crippen molar-refractivity contribution >= 4 is 5.91 Å². The molecule has 2 N–H and O–H groups in total. The molecule has 2 aromatic rings. The molecule has 2 aliphatic heterocycles. The van der Waals surface area contributed by atoms with Gasteiger partial charge in [-0.3, -0.25) is 4.79 Å². The number of aromatic hydroxyl groups is 1. The standard InChI is InChI=1S/C22H25NO5/c1-27-20-12-15(6-7-18(20)25)21(26)23-10-8-22(9-11-23)13-16(14-24)17-4-2-3-5-19(17)28-22/h2-7,12,16,24-25H,8-11,13-14H2,1H3. The molecule has 0 radical (unpaired) electrons. The number of fused-ring (bicyclic) bond motifs is 1. The Labute approximate surface area is 164 Å². The number of ether oxygens (including phenoxy) is 2. The van der Waals surface area contributed by atoms with Gasteiger partial charge in [0.25, 0.3) is 5.91 Å². The number of phenols is 1. The molecule has 0 saturated carbocycles. The number of methoxy groups -OCH3 is 1. The first-order chi connectivity index (χ1) is 13.5. The molecule has 1 saturated heterocycles. The fourth-order valence-corrected chi connectivity index (χ4v) is 4.32. The SMILES string of the molecule is COc1cc(C(=O)N2CCC3(CC2)CC(CO)c2ccccc2O3)ccc1O. The lowest BCUT2D eigenvalue weighted by Gasteiger charge is -2.46. The van der Waals surface area contributed by atoms with Gasteiger partial charge in [0.1, 0.15) is 11.4 Å². The van der Waals surface area contributed by atoms with E-state index in [0.29, 0.717) is 18.7 Å². The zero-order chi connectivity index (χ0) is 19.7. The maximum atomic E-state index is 12.9. The number of nitrogens with zero attached hydrogens (tertiary/aromatic N) is 1. The quantitative estimate of drug-likeness (QED) is 0.852. The van der Waals surface area contributed by atoms with Crippen molar-refractivity contribution in [3.63, 3.8) is 0 Å². The van der Waals surface area contributed by atoms with Crippen molar-refractivity contribution in [3.05, 3.63) is 53.6 Å². The van der Waals surface area contributed by atoms with Crippen LogP contribution in [0.25, 0.3) is 0 Å². The number of para-hydroxylation sites is 1. The average molecular weight is 383 g/mol. The highest BCUT2D eigenvalue weighted by Crippen LogP contribution is 2.45. The molecule has 6 nitrogen and oxygen atoms in total. The number of hydrogen-bond acceptors (Lipinski definition) is 5. The van der Waals surface area contributed by atoms with E-state index in [1.165, 1.54) is 13.2 Å². The Morgan fingerprint density at radius 3 is 2.71 bits per heavy atom. The second-order valence-electron chi connectivity index (χ2n) is 7.59. The van der Waals surface area contributed by atoms with E-state index in [4.69, 9.17) is 9.47 Å². The second-order valence-corrected chi connectivity index (χ2v) is 7.59. The average Bonchev–Trinajstić information content (AvgIpc) is 2.73. The summed E-state index contributed by atoms with van der Waals surface area (Å²) in [5.41, 5.74) is 1.21. The van der Waals surface area contributed by atoms with Gasteiger partial charge < -0.3 is 24.6 Å². The van der Waals surface area contributed by atoms with Gasteiger partial charge in [0.05, 0.1) is 13.7 Å². The number of rotatable bonds is 3. The normalized spacial score (nSPS) is 20.4. The van der Waals surface area contributed by atoms with Crippen molar-refractivity contribution in [1.29, 1.82) is 0 Å². The maximum absolute atomic E-state index is 12.9. The fraction of sp³-hybridized carbons (Fsp3) is 0.409. The van der Waals surface area contributed by atoms with Crippen molar-refractivity contribution in [2.24, 2.45) is 0 Å². The summed E-state index contributed by atoms with van der Waals surface area (Å²) in [6, 6.07) is 12.5. The van der Waals surface area contributed by atoms with Crippen LogP contribution in [0.3, 0.4) is 0 Å². The summed E-state index contributed by atoms with van der Waals surface area (Å²) in [6.07, 6.45) is 2.20. The van der Waals surface area contributed by atoms with E-state index in [0.717, 1.165) is 30.6 Å². The van der Waals surface area contributed by atoms with Crippen molar-refractivity contribution in [3.8, 4) is 17.2 Å². The number of aliphatic hydroxyl groups is 1. The van der Waals surface area contributed by atoms with Crippen LogP contribution in [0.5, 0.6) is 17.2 Å². The zero-order valence-corrected chi connectivity index (χ0v) is 15.9. The minimum atomic E-state index is -0.342. The third kappa shape index (κ3) is 3.29. The van der Waals surface area contributed by atoms with E-state index < -0.39 is 0 Å². The molecular formula is C22H25NO5. The summed E-state index contributed by atoms with van der Waals surface area (Å²) in [5, 5.41) is 19.6. The van der Waals surface area contributed by atoms with Crippen LogP contribution >= 0.6 is 0 Å². The topological polar surface area (TPSA) is 79.2 Å². The van der Waals surface area contributed by atoms with Gasteiger partial charge in [-0.15, -0.1) is 0 Å². The number of hydrogen-bond donors (Lipinski definition) is 2. The molecule has 6 heteroatoms. The van der Waals surface area contributed by atoms with Gasteiger partial charge in [0.2, 0.25) is 0 Å². The Morgan fingerprint density at radius 1 is 1.25 bits per heavy atom. The Hall–Kier alpha value is -2.73. The lowest BCUT2D eigenvalue weighted by molar-refractivity contribution is -0.0229. The van der Waals surface area contributed by atoms with Crippen LogP contribution in [0.15, 0.2) is 42.5 Å². The number of carbonyl (C=O) groups excluding carboxylic acids is 1. The molecule has 1 unspecified atom stereocenters. The van der Waals surface area contributed by atoms with Gasteiger partial charge in [-0.1, -0.05) is 18.2 Å². The highest BCUT2D eigenvalue weighted by molar-refractivity contribution is 5.95. The van der Waals surface area contributed by atoms with Gasteiger partial charge in [-0.05, 0) is 36.2 Å². The molecule has 1 atom stereocenters. The number of carbonyl (C=O) groups is 1. The molecule has 2 heterocycles. The molecule has 0 aromatic heterocycles. The Kier molecular flexibility index (Phi) is 4.89. The molecule has 1 amide bonds. The van der Waals surface area contributed by atoms with Crippen LogP contribution in [0, 0.1) is 0 Å². The molecular weight excluding hydrogens is 358 g/mol. The van der Waals surface area contributed by atoms with Gasteiger partial charge in [0.15, 0.2) is 11.5 Å². The second kappa shape index (κ2) is 7.36. The van der Waals surface area contributed by atoms with Crippen molar-refractivity contribution in [2.75, 3.05) is 26.8 Å². The van der Waals surface area contributed by atoms with Crippen LogP contribution in [0.1, 0.15) is 41.1 Å². The van der Waals surface area contributed by atoms with Crippen LogP contribution in [0.4, 0.5) is 0 Å². The summed E-state index contributed by atoms with van der Waals surface area (Å²) in [5.74, 6) is 1.13. The lowest BCUT2D eigenvalue weighted by Crippen LogP contribution is -2.52. The summed E-state index contributed by atoms with van der Waals surface area (Å²) >= 11 is 0. The number of piperidine rings is 1. The highest BCUT2D eigenvalue weighted by atomic mass is 16.5. The van der Waals surface area contributed by atoms with Crippen molar-refractivity contribution in [2.45, 2.75) is 30.8 Å². The van der Waals surface area contributed by atoms with E-state index in [-0.39, 0.29) is 35.5 Å². The van der Waals surface area contributed by atoms with Crippen LogP contribution in [-0.2, 0) is 0 Å². The molecule has 2 aromatic carbocycles. The van der Waals surface area contributed by atoms with E-state index in [1.54, 1.807) is 12.1 Å². The van der Waals surface area contributed by atoms with Gasteiger partial charge in [-0.25, -0.2) is 0 Å². The largest absolute Gasteiger partial charge is 0.504 e. The minimum Gasteiger partial charge on any atom is -0.504 e. The van der Waals surface area contributed by atoms with E-state index >= 15 is 0 Å². The summed E-state index contributed by atoms with van der Waals surface area (Å²) < 4.78 is 11.5.